The summed E-state index contributed by atoms with van der Waals surface area (Å²) in [4.78, 5) is 7.54. The molecule has 1 saturated heterocycles. The Labute approximate surface area is 101 Å². The van der Waals surface area contributed by atoms with Crippen LogP contribution in [0.3, 0.4) is 0 Å². The second-order valence-corrected chi connectivity index (χ2v) is 6.30. The first kappa shape index (κ1) is 12.3. The van der Waals surface area contributed by atoms with E-state index in [0.717, 1.165) is 12.8 Å². The van der Waals surface area contributed by atoms with Crippen molar-refractivity contribution in [2.45, 2.75) is 24.7 Å². The van der Waals surface area contributed by atoms with E-state index in [-0.39, 0.29) is 10.8 Å². The molecule has 0 bridgehead atoms. The molecule has 1 aromatic rings. The van der Waals surface area contributed by atoms with Crippen molar-refractivity contribution in [3.63, 3.8) is 0 Å². The van der Waals surface area contributed by atoms with Crippen LogP contribution in [0.25, 0.3) is 0 Å². The van der Waals surface area contributed by atoms with Gasteiger partial charge in [0, 0.05) is 13.1 Å². The summed E-state index contributed by atoms with van der Waals surface area (Å²) in [6.07, 6.45) is 4.32. The highest BCUT2D eigenvalue weighted by atomic mass is 32.2. The Morgan fingerprint density at radius 3 is 2.35 bits per heavy atom. The van der Waals surface area contributed by atoms with Gasteiger partial charge in [-0.1, -0.05) is 6.92 Å². The first-order chi connectivity index (χ1) is 8.00. The molecule has 0 unspecified atom stereocenters. The minimum Gasteiger partial charge on any atom is -0.368 e. The van der Waals surface area contributed by atoms with Gasteiger partial charge in [-0.15, -0.1) is 0 Å². The highest BCUT2D eigenvalue weighted by Gasteiger charge is 2.28. The minimum atomic E-state index is -3.45. The lowest BCUT2D eigenvalue weighted by Crippen LogP contribution is -2.37. The van der Waals surface area contributed by atoms with E-state index >= 15 is 0 Å². The lowest BCUT2D eigenvalue weighted by Gasteiger charge is -2.29. The molecule has 0 saturated carbocycles. The van der Waals surface area contributed by atoms with Crippen LogP contribution in [0, 0.1) is 5.92 Å². The van der Waals surface area contributed by atoms with E-state index in [4.69, 9.17) is 5.73 Å². The molecule has 6 nitrogen and oxygen atoms in total. The second-order valence-electron chi connectivity index (χ2n) is 4.36. The van der Waals surface area contributed by atoms with Crippen LogP contribution in [0.1, 0.15) is 19.8 Å². The van der Waals surface area contributed by atoms with Crippen LogP contribution in [0.4, 0.5) is 5.95 Å². The molecule has 7 heteroatoms. The fourth-order valence-electron chi connectivity index (χ4n) is 1.83. The first-order valence-corrected chi connectivity index (χ1v) is 7.02. The molecule has 17 heavy (non-hydrogen) atoms. The summed E-state index contributed by atoms with van der Waals surface area (Å²) in [5.74, 6) is 0.667. The Hall–Kier alpha value is -1.21. The van der Waals surface area contributed by atoms with Gasteiger partial charge < -0.3 is 5.73 Å². The summed E-state index contributed by atoms with van der Waals surface area (Å²) in [6.45, 7) is 3.26. The van der Waals surface area contributed by atoms with Crippen LogP contribution in [0.2, 0.25) is 0 Å². The zero-order valence-corrected chi connectivity index (χ0v) is 10.5. The number of piperidine rings is 1. The van der Waals surface area contributed by atoms with Crippen LogP contribution in [-0.4, -0.2) is 35.8 Å². The zero-order chi connectivity index (χ0) is 12.5. The Balaban J connectivity index is 2.21. The van der Waals surface area contributed by atoms with Crippen molar-refractivity contribution in [1.82, 2.24) is 14.3 Å². The predicted molar refractivity (Wildman–Crippen MR) is 63.6 cm³/mol. The predicted octanol–water partition coefficient (Wildman–Crippen LogP) is 0.479. The lowest BCUT2D eigenvalue weighted by molar-refractivity contribution is 0.288. The van der Waals surface area contributed by atoms with Gasteiger partial charge >= 0.3 is 0 Å². The van der Waals surface area contributed by atoms with Crippen molar-refractivity contribution in [3.05, 3.63) is 12.4 Å². The molecule has 0 atom stereocenters. The average molecular weight is 256 g/mol. The van der Waals surface area contributed by atoms with E-state index in [9.17, 15) is 8.42 Å². The normalized spacial score (nSPS) is 19.4. The Bertz CT molecular complexity index is 478. The molecule has 1 aromatic heterocycles. The van der Waals surface area contributed by atoms with E-state index in [1.807, 2.05) is 0 Å². The van der Waals surface area contributed by atoms with Crippen molar-refractivity contribution in [2.24, 2.45) is 5.92 Å². The number of sulfonamides is 1. The largest absolute Gasteiger partial charge is 0.368 e. The fourth-order valence-corrected chi connectivity index (χ4v) is 3.20. The van der Waals surface area contributed by atoms with Gasteiger partial charge in [0.1, 0.15) is 4.90 Å². The molecule has 1 fully saturated rings. The van der Waals surface area contributed by atoms with E-state index in [1.54, 1.807) is 0 Å². The van der Waals surface area contributed by atoms with E-state index < -0.39 is 10.0 Å². The highest BCUT2D eigenvalue weighted by molar-refractivity contribution is 7.89. The fraction of sp³-hybridized carbons (Fsp3) is 0.600. The van der Waals surface area contributed by atoms with E-state index in [0.29, 0.717) is 19.0 Å². The number of anilines is 1. The third kappa shape index (κ3) is 2.55. The summed E-state index contributed by atoms with van der Waals surface area (Å²) in [5.41, 5.74) is 5.34. The van der Waals surface area contributed by atoms with Gasteiger partial charge in [0.2, 0.25) is 16.0 Å². The van der Waals surface area contributed by atoms with Crippen molar-refractivity contribution in [2.75, 3.05) is 18.8 Å². The first-order valence-electron chi connectivity index (χ1n) is 5.58. The molecule has 2 N–H and O–H groups in total. The van der Waals surface area contributed by atoms with Gasteiger partial charge in [-0.3, -0.25) is 0 Å². The van der Waals surface area contributed by atoms with Gasteiger partial charge in [0.25, 0.3) is 0 Å². The van der Waals surface area contributed by atoms with Crippen LogP contribution >= 0.6 is 0 Å². The van der Waals surface area contributed by atoms with E-state index in [2.05, 4.69) is 16.9 Å². The minimum absolute atomic E-state index is 0.0798. The molecular formula is C10H16N4O2S. The molecule has 0 radical (unpaired) electrons. The van der Waals surface area contributed by atoms with Crippen molar-refractivity contribution in [3.8, 4) is 0 Å². The van der Waals surface area contributed by atoms with Gasteiger partial charge in [0.15, 0.2) is 0 Å². The summed E-state index contributed by atoms with van der Waals surface area (Å²) in [5, 5.41) is 0. The van der Waals surface area contributed by atoms with Crippen LogP contribution in [0.5, 0.6) is 0 Å². The molecule has 2 rings (SSSR count). The second kappa shape index (κ2) is 4.58. The molecule has 0 amide bonds. The SMILES string of the molecule is CC1CCN(S(=O)(=O)c2cnc(N)nc2)CC1. The summed E-state index contributed by atoms with van der Waals surface area (Å²) < 4.78 is 25.9. The topological polar surface area (TPSA) is 89.2 Å². The van der Waals surface area contributed by atoms with Gasteiger partial charge in [-0.25, -0.2) is 18.4 Å². The summed E-state index contributed by atoms with van der Waals surface area (Å²) >= 11 is 0. The summed E-state index contributed by atoms with van der Waals surface area (Å²) in [7, 11) is -3.45. The maximum Gasteiger partial charge on any atom is 0.246 e. The average Bonchev–Trinajstić information content (AvgIpc) is 2.30. The lowest BCUT2D eigenvalue weighted by atomic mass is 10.0. The molecule has 0 aliphatic carbocycles. The van der Waals surface area contributed by atoms with Gasteiger partial charge in [-0.05, 0) is 18.8 Å². The number of hydrogen-bond donors (Lipinski definition) is 1. The number of nitrogens with zero attached hydrogens (tertiary/aromatic N) is 3. The monoisotopic (exact) mass is 256 g/mol. The number of rotatable bonds is 2. The van der Waals surface area contributed by atoms with Crippen molar-refractivity contribution >= 4 is 16.0 Å². The smallest absolute Gasteiger partial charge is 0.246 e. The Morgan fingerprint density at radius 1 is 1.29 bits per heavy atom. The standard InChI is InChI=1S/C10H16N4O2S/c1-8-2-4-14(5-3-8)17(15,16)9-6-12-10(11)13-7-9/h6-8H,2-5H2,1H3,(H2,11,12,13). The number of hydrogen-bond acceptors (Lipinski definition) is 5. The van der Waals surface area contributed by atoms with Crippen LogP contribution in [0.15, 0.2) is 17.3 Å². The quantitative estimate of drug-likeness (QED) is 0.831. The Morgan fingerprint density at radius 2 is 1.82 bits per heavy atom. The van der Waals surface area contributed by atoms with Crippen LogP contribution < -0.4 is 5.73 Å². The van der Waals surface area contributed by atoms with E-state index in [1.165, 1.54) is 16.7 Å². The highest BCUT2D eigenvalue weighted by Crippen LogP contribution is 2.22. The third-order valence-corrected chi connectivity index (χ3v) is 4.88. The summed E-state index contributed by atoms with van der Waals surface area (Å²) in [6, 6.07) is 0. The maximum atomic E-state index is 12.2. The number of nitrogens with two attached hydrogens (primary N) is 1. The van der Waals surface area contributed by atoms with Gasteiger partial charge in [0.05, 0.1) is 12.4 Å². The molecular weight excluding hydrogens is 240 g/mol. The molecule has 0 spiro atoms. The van der Waals surface area contributed by atoms with Gasteiger partial charge in [-0.2, -0.15) is 4.31 Å². The maximum absolute atomic E-state index is 12.2. The molecule has 2 heterocycles. The van der Waals surface area contributed by atoms with Crippen molar-refractivity contribution in [1.29, 1.82) is 0 Å². The van der Waals surface area contributed by atoms with Crippen LogP contribution in [-0.2, 0) is 10.0 Å². The number of aromatic nitrogens is 2. The zero-order valence-electron chi connectivity index (χ0n) is 9.70. The van der Waals surface area contributed by atoms with Crippen molar-refractivity contribution < 1.29 is 8.42 Å². The molecule has 1 aliphatic heterocycles. The molecule has 0 aromatic carbocycles. The molecule has 94 valence electrons. The number of nitrogen functional groups attached to an aromatic ring is 1. The molecule has 1 aliphatic rings. The third-order valence-electron chi connectivity index (χ3n) is 3.03. The Kier molecular flexibility index (Phi) is 3.30.